The van der Waals surface area contributed by atoms with Crippen molar-refractivity contribution in [2.45, 2.75) is 0 Å². The quantitative estimate of drug-likeness (QED) is 0.366. The molecule has 0 aliphatic rings. The van der Waals surface area contributed by atoms with E-state index in [9.17, 15) is 39.4 Å². The van der Waals surface area contributed by atoms with Crippen molar-refractivity contribution in [3.05, 3.63) is 78.9 Å². The van der Waals surface area contributed by atoms with E-state index in [4.69, 9.17) is 39.9 Å². The van der Waals surface area contributed by atoms with Crippen molar-refractivity contribution in [3.8, 4) is 0 Å². The van der Waals surface area contributed by atoms with E-state index in [1.807, 2.05) is 0 Å². The average Bonchev–Trinajstić information content (AvgIpc) is 2.67. The van der Waals surface area contributed by atoms with Crippen LogP contribution in [-0.2, 0) is 0 Å². The minimum Gasteiger partial charge on any atom is -0.478 e. The average molecular weight is 478 g/mol. The van der Waals surface area contributed by atoms with E-state index in [-0.39, 0.29) is 22.3 Å². The van der Waals surface area contributed by atoms with Crippen molar-refractivity contribution >= 4 is 67.9 Å². The number of carboxylic acid groups (broad SMARTS) is 1. The van der Waals surface area contributed by atoms with Crippen LogP contribution in [0.25, 0.3) is 0 Å². The van der Waals surface area contributed by atoms with Gasteiger partial charge in [0.2, 0.25) is 0 Å². The molecule has 2 rings (SSSR count). The zero-order chi connectivity index (χ0) is 23.2. The van der Waals surface area contributed by atoms with Gasteiger partial charge in [-0.1, -0.05) is 0 Å². The van der Waals surface area contributed by atoms with Crippen molar-refractivity contribution in [3.63, 3.8) is 0 Å². The van der Waals surface area contributed by atoms with Gasteiger partial charge in [-0.3, -0.25) is 34.6 Å². The van der Waals surface area contributed by atoms with E-state index in [0.717, 1.165) is 36.4 Å². The first kappa shape index (κ1) is 24.6. The van der Waals surface area contributed by atoms with Gasteiger partial charge in [-0.15, -0.1) is 0 Å². The Morgan fingerprint density at radius 3 is 1.13 bits per heavy atom. The summed E-state index contributed by atoms with van der Waals surface area (Å²) in [5.74, 6) is -1.36. The predicted octanol–water partition coefficient (Wildman–Crippen LogP) is 4.02. The zero-order valence-electron chi connectivity index (χ0n) is 14.2. The Labute approximate surface area is 181 Å². The van der Waals surface area contributed by atoms with Crippen LogP contribution in [0.1, 0.15) is 41.4 Å². The normalized spacial score (nSPS) is 9.70. The van der Waals surface area contributed by atoms with Gasteiger partial charge in [0, 0.05) is 41.0 Å². The molecular formula is C16H7Cl3N2O9. The summed E-state index contributed by atoms with van der Waals surface area (Å²) in [6.45, 7) is 0. The third-order valence-corrected chi connectivity index (χ3v) is 3.84. The predicted molar refractivity (Wildman–Crippen MR) is 104 cm³/mol. The number of rotatable bonds is 6. The molecule has 0 fully saturated rings. The number of aromatic carboxylic acids is 1. The molecule has 0 aliphatic carbocycles. The van der Waals surface area contributed by atoms with Crippen LogP contribution < -0.4 is 0 Å². The number of hydrogen-bond donors (Lipinski definition) is 1. The van der Waals surface area contributed by atoms with E-state index in [0.29, 0.717) is 0 Å². The van der Waals surface area contributed by atoms with Crippen molar-refractivity contribution in [2.24, 2.45) is 0 Å². The Morgan fingerprint density at radius 2 is 0.900 bits per heavy atom. The molecule has 30 heavy (non-hydrogen) atoms. The van der Waals surface area contributed by atoms with Crippen LogP contribution >= 0.6 is 34.8 Å². The topological polar surface area (TPSA) is 175 Å². The molecule has 1 N–H and O–H groups in total. The number of hydrogen-bond acceptors (Lipinski definition) is 8. The van der Waals surface area contributed by atoms with Crippen LogP contribution in [0.3, 0.4) is 0 Å². The molecule has 0 atom stereocenters. The number of nitro groups is 2. The lowest BCUT2D eigenvalue weighted by Crippen LogP contribution is -2.01. The van der Waals surface area contributed by atoms with Crippen LogP contribution in [-0.4, -0.2) is 36.6 Å². The first-order chi connectivity index (χ1) is 13.8. The maximum Gasteiger partial charge on any atom is 0.335 e. The number of nitrogens with zero attached hydrogens (tertiary/aromatic N) is 2. The molecular weight excluding hydrogens is 471 g/mol. The Balaban J connectivity index is 0.000000300. The van der Waals surface area contributed by atoms with Crippen LogP contribution in [0.2, 0.25) is 0 Å². The Morgan fingerprint density at radius 1 is 0.633 bits per heavy atom. The first-order valence-electron chi connectivity index (χ1n) is 7.25. The van der Waals surface area contributed by atoms with Crippen LogP contribution in [0, 0.1) is 20.2 Å². The second-order valence-corrected chi connectivity index (χ2v) is 6.21. The number of non-ortho nitro benzene ring substituents is 2. The lowest BCUT2D eigenvalue weighted by Gasteiger charge is -1.98. The van der Waals surface area contributed by atoms with Crippen LogP contribution in [0.15, 0.2) is 36.4 Å². The standard InChI is InChI=1S/C8H3Cl2NO4.C8H4ClNO5/c9-7(12)4-1-5(8(10)13)3-6(2-4)11(14)15;9-7(11)4-1-5(8(12)13)3-6(2-4)10(14)15/h1-3H;1-3H,(H,12,13). The highest BCUT2D eigenvalue weighted by Gasteiger charge is 2.17. The molecule has 0 spiro atoms. The van der Waals surface area contributed by atoms with Crippen LogP contribution in [0.4, 0.5) is 11.4 Å². The third kappa shape index (κ3) is 6.88. The second-order valence-electron chi connectivity index (χ2n) is 5.18. The summed E-state index contributed by atoms with van der Waals surface area (Å²) < 4.78 is 0. The number of halogens is 3. The maximum absolute atomic E-state index is 10.8. The largest absolute Gasteiger partial charge is 0.478 e. The number of carbonyl (C=O) groups is 4. The van der Waals surface area contributed by atoms with Gasteiger partial charge in [0.1, 0.15) is 0 Å². The highest BCUT2D eigenvalue weighted by Crippen LogP contribution is 2.20. The number of carboxylic acids is 1. The van der Waals surface area contributed by atoms with Gasteiger partial charge in [0.05, 0.1) is 15.4 Å². The molecule has 2 aromatic carbocycles. The van der Waals surface area contributed by atoms with Gasteiger partial charge >= 0.3 is 5.97 Å². The summed E-state index contributed by atoms with van der Waals surface area (Å²) in [5.41, 5.74) is -1.76. The van der Waals surface area contributed by atoms with Gasteiger partial charge in [0.25, 0.3) is 27.1 Å². The molecule has 0 saturated heterocycles. The fourth-order valence-electron chi connectivity index (χ4n) is 1.90. The summed E-state index contributed by atoms with van der Waals surface area (Å²) in [7, 11) is 0. The van der Waals surface area contributed by atoms with Gasteiger partial charge in [-0.25, -0.2) is 4.79 Å². The lowest BCUT2D eigenvalue weighted by atomic mass is 10.1. The molecule has 0 aromatic heterocycles. The summed E-state index contributed by atoms with van der Waals surface area (Å²) in [6, 6.07) is 5.78. The van der Waals surface area contributed by atoms with Gasteiger partial charge in [-0.05, 0) is 46.9 Å². The molecule has 2 aromatic rings. The maximum atomic E-state index is 10.8. The highest BCUT2D eigenvalue weighted by molar-refractivity contribution is 6.69. The smallest absolute Gasteiger partial charge is 0.335 e. The fourth-order valence-corrected chi connectivity index (χ4v) is 2.22. The van der Waals surface area contributed by atoms with Gasteiger partial charge in [0.15, 0.2) is 0 Å². The van der Waals surface area contributed by atoms with Crippen molar-refractivity contribution < 1.29 is 34.1 Å². The second kappa shape index (κ2) is 10.4. The summed E-state index contributed by atoms with van der Waals surface area (Å²) in [4.78, 5) is 62.2. The molecule has 0 unspecified atom stereocenters. The summed E-state index contributed by atoms with van der Waals surface area (Å²) in [5, 5.41) is 26.8. The SMILES string of the molecule is O=C(Cl)c1cc(C(=O)Cl)cc([N+](=O)[O-])c1.O=C(O)c1cc(C(=O)Cl)cc([N+](=O)[O-])c1. The van der Waals surface area contributed by atoms with E-state index in [1.165, 1.54) is 0 Å². The van der Waals surface area contributed by atoms with E-state index in [2.05, 4.69) is 0 Å². The van der Waals surface area contributed by atoms with Crippen molar-refractivity contribution in [1.29, 1.82) is 0 Å². The summed E-state index contributed by atoms with van der Waals surface area (Å²) >= 11 is 15.4. The zero-order valence-corrected chi connectivity index (χ0v) is 16.5. The molecule has 0 aliphatic heterocycles. The first-order valence-corrected chi connectivity index (χ1v) is 8.38. The minimum absolute atomic E-state index is 0.144. The number of benzene rings is 2. The molecule has 0 amide bonds. The molecule has 0 radical (unpaired) electrons. The van der Waals surface area contributed by atoms with Crippen LogP contribution in [0.5, 0.6) is 0 Å². The molecule has 11 nitrogen and oxygen atoms in total. The Bertz CT molecular complexity index is 842. The summed E-state index contributed by atoms with van der Waals surface area (Å²) in [6.07, 6.45) is 0. The van der Waals surface area contributed by atoms with E-state index >= 15 is 0 Å². The lowest BCUT2D eigenvalue weighted by molar-refractivity contribution is -0.385. The highest BCUT2D eigenvalue weighted by atomic mass is 35.5. The van der Waals surface area contributed by atoms with Gasteiger partial charge < -0.3 is 5.11 Å². The Hall–Kier alpha value is -3.41. The molecule has 0 bridgehead atoms. The minimum atomic E-state index is -1.36. The monoisotopic (exact) mass is 476 g/mol. The number of carbonyl (C=O) groups excluding carboxylic acids is 3. The molecule has 0 saturated carbocycles. The Kier molecular flexibility index (Phi) is 8.53. The van der Waals surface area contributed by atoms with Gasteiger partial charge in [-0.2, -0.15) is 0 Å². The van der Waals surface area contributed by atoms with E-state index in [1.54, 1.807) is 0 Å². The van der Waals surface area contributed by atoms with Crippen molar-refractivity contribution in [2.75, 3.05) is 0 Å². The molecule has 14 heteroatoms. The van der Waals surface area contributed by atoms with E-state index < -0.39 is 42.9 Å². The number of nitro benzene ring substituents is 2. The fraction of sp³-hybridized carbons (Fsp3) is 0. The van der Waals surface area contributed by atoms with Crippen molar-refractivity contribution in [1.82, 2.24) is 0 Å². The third-order valence-electron chi connectivity index (χ3n) is 3.19. The molecule has 156 valence electrons. The molecule has 0 heterocycles.